The standard InChI is InChI=1S/C13H15FN2O4/c1-2-16(8-12(18)19)11(17)7-15-13(20)9-5-3-4-6-10(9)14/h3-6H,2,7-8H2,1H3,(H,15,20)(H,18,19). The van der Waals surface area contributed by atoms with E-state index in [-0.39, 0.29) is 18.7 Å². The largest absolute Gasteiger partial charge is 0.480 e. The highest BCUT2D eigenvalue weighted by Gasteiger charge is 2.17. The van der Waals surface area contributed by atoms with Crippen molar-refractivity contribution in [3.05, 3.63) is 35.6 Å². The molecular formula is C13H15FN2O4. The lowest BCUT2D eigenvalue weighted by atomic mass is 10.2. The third kappa shape index (κ3) is 4.34. The van der Waals surface area contributed by atoms with Gasteiger partial charge in [-0.1, -0.05) is 12.1 Å². The number of nitrogens with zero attached hydrogens (tertiary/aromatic N) is 1. The second kappa shape index (κ2) is 7.22. The van der Waals surface area contributed by atoms with E-state index < -0.39 is 30.1 Å². The Balaban J connectivity index is 2.58. The number of carbonyl (C=O) groups is 3. The molecule has 1 aromatic rings. The van der Waals surface area contributed by atoms with Gasteiger partial charge in [-0.3, -0.25) is 14.4 Å². The van der Waals surface area contributed by atoms with Gasteiger partial charge in [0.15, 0.2) is 0 Å². The number of carboxylic acids is 1. The molecule has 6 nitrogen and oxygen atoms in total. The van der Waals surface area contributed by atoms with Gasteiger partial charge in [0, 0.05) is 6.54 Å². The van der Waals surface area contributed by atoms with Crippen LogP contribution in [0.2, 0.25) is 0 Å². The predicted molar refractivity (Wildman–Crippen MR) is 68.6 cm³/mol. The molecule has 0 aliphatic carbocycles. The van der Waals surface area contributed by atoms with Crippen molar-refractivity contribution in [1.82, 2.24) is 10.2 Å². The number of rotatable bonds is 6. The fourth-order valence-corrected chi connectivity index (χ4v) is 1.55. The Morgan fingerprint density at radius 1 is 1.30 bits per heavy atom. The van der Waals surface area contributed by atoms with Gasteiger partial charge in [0.05, 0.1) is 12.1 Å². The van der Waals surface area contributed by atoms with Crippen LogP contribution in [0, 0.1) is 5.82 Å². The van der Waals surface area contributed by atoms with Crippen LogP contribution >= 0.6 is 0 Å². The maximum atomic E-state index is 13.3. The van der Waals surface area contributed by atoms with Crippen LogP contribution in [0.4, 0.5) is 4.39 Å². The number of aliphatic carboxylic acids is 1. The molecule has 0 saturated carbocycles. The van der Waals surface area contributed by atoms with E-state index in [2.05, 4.69) is 5.32 Å². The van der Waals surface area contributed by atoms with Crippen molar-refractivity contribution in [2.75, 3.05) is 19.6 Å². The summed E-state index contributed by atoms with van der Waals surface area (Å²) in [5.74, 6) is -3.08. The second-order valence-corrected chi connectivity index (χ2v) is 3.96. The minimum Gasteiger partial charge on any atom is -0.480 e. The van der Waals surface area contributed by atoms with E-state index in [0.717, 1.165) is 11.0 Å². The van der Waals surface area contributed by atoms with Gasteiger partial charge in [-0.2, -0.15) is 0 Å². The van der Waals surface area contributed by atoms with Gasteiger partial charge in [-0.05, 0) is 19.1 Å². The van der Waals surface area contributed by atoms with Crippen LogP contribution in [0.3, 0.4) is 0 Å². The first-order valence-electron chi connectivity index (χ1n) is 5.98. The molecule has 7 heteroatoms. The van der Waals surface area contributed by atoms with Crippen LogP contribution in [0.25, 0.3) is 0 Å². The maximum Gasteiger partial charge on any atom is 0.323 e. The zero-order chi connectivity index (χ0) is 15.1. The molecule has 2 N–H and O–H groups in total. The number of halogens is 1. The summed E-state index contributed by atoms with van der Waals surface area (Å²) in [6.07, 6.45) is 0. The zero-order valence-corrected chi connectivity index (χ0v) is 10.9. The van der Waals surface area contributed by atoms with Gasteiger partial charge < -0.3 is 15.3 Å². The lowest BCUT2D eigenvalue weighted by molar-refractivity contribution is -0.143. The molecule has 0 fully saturated rings. The van der Waals surface area contributed by atoms with Gasteiger partial charge in [0.1, 0.15) is 12.4 Å². The minimum atomic E-state index is -1.14. The van der Waals surface area contributed by atoms with Crippen molar-refractivity contribution in [2.24, 2.45) is 0 Å². The van der Waals surface area contributed by atoms with Gasteiger partial charge >= 0.3 is 5.97 Å². The lowest BCUT2D eigenvalue weighted by Gasteiger charge is -2.18. The number of carbonyl (C=O) groups excluding carboxylic acids is 2. The molecule has 0 aromatic heterocycles. The molecule has 0 unspecified atom stereocenters. The summed E-state index contributed by atoms with van der Waals surface area (Å²) in [5, 5.41) is 10.9. The Kier molecular flexibility index (Phi) is 5.64. The lowest BCUT2D eigenvalue weighted by Crippen LogP contribution is -2.42. The fraction of sp³-hybridized carbons (Fsp3) is 0.308. The summed E-state index contributed by atoms with van der Waals surface area (Å²) in [7, 11) is 0. The molecular weight excluding hydrogens is 267 g/mol. The molecule has 0 saturated heterocycles. The van der Waals surface area contributed by atoms with E-state index in [4.69, 9.17) is 5.11 Å². The molecule has 0 bridgehead atoms. The average Bonchev–Trinajstić information content (AvgIpc) is 2.42. The molecule has 1 aromatic carbocycles. The monoisotopic (exact) mass is 282 g/mol. The minimum absolute atomic E-state index is 0.165. The molecule has 0 spiro atoms. The smallest absolute Gasteiger partial charge is 0.323 e. The maximum absolute atomic E-state index is 13.3. The van der Waals surface area contributed by atoms with Crippen LogP contribution in [0.15, 0.2) is 24.3 Å². The topological polar surface area (TPSA) is 86.7 Å². The fourth-order valence-electron chi connectivity index (χ4n) is 1.55. The Bertz CT molecular complexity index is 519. The summed E-state index contributed by atoms with van der Waals surface area (Å²) < 4.78 is 13.3. The van der Waals surface area contributed by atoms with Crippen LogP contribution in [0.1, 0.15) is 17.3 Å². The molecule has 0 aliphatic rings. The van der Waals surface area contributed by atoms with Crippen molar-refractivity contribution < 1.29 is 23.9 Å². The number of nitrogens with one attached hydrogen (secondary N) is 1. The first kappa shape index (κ1) is 15.6. The molecule has 1 rings (SSSR count). The summed E-state index contributed by atoms with van der Waals surface area (Å²) in [5.41, 5.74) is -0.165. The number of likely N-dealkylation sites (N-methyl/N-ethyl adjacent to an activating group) is 1. The van der Waals surface area contributed by atoms with Crippen LogP contribution < -0.4 is 5.32 Å². The van der Waals surface area contributed by atoms with E-state index in [1.165, 1.54) is 18.2 Å². The van der Waals surface area contributed by atoms with E-state index in [9.17, 15) is 18.8 Å². The van der Waals surface area contributed by atoms with Gasteiger partial charge in [0.2, 0.25) is 5.91 Å². The van der Waals surface area contributed by atoms with Crippen molar-refractivity contribution in [3.63, 3.8) is 0 Å². The third-order valence-corrected chi connectivity index (χ3v) is 2.58. The van der Waals surface area contributed by atoms with Crippen LogP contribution in [0.5, 0.6) is 0 Å². The highest BCUT2D eigenvalue weighted by atomic mass is 19.1. The highest BCUT2D eigenvalue weighted by molar-refractivity contribution is 5.96. The third-order valence-electron chi connectivity index (χ3n) is 2.58. The van der Waals surface area contributed by atoms with Gasteiger partial charge in [-0.25, -0.2) is 4.39 Å². The first-order chi connectivity index (χ1) is 9.45. The number of hydrogen-bond donors (Lipinski definition) is 2. The molecule has 0 atom stereocenters. The number of carboxylic acid groups (broad SMARTS) is 1. The van der Waals surface area contributed by atoms with Crippen molar-refractivity contribution >= 4 is 17.8 Å². The number of hydrogen-bond acceptors (Lipinski definition) is 3. The van der Waals surface area contributed by atoms with Crippen molar-refractivity contribution in [1.29, 1.82) is 0 Å². The highest BCUT2D eigenvalue weighted by Crippen LogP contribution is 2.05. The zero-order valence-electron chi connectivity index (χ0n) is 10.9. The molecule has 0 radical (unpaired) electrons. The van der Waals surface area contributed by atoms with E-state index in [0.29, 0.717) is 0 Å². The number of benzene rings is 1. The van der Waals surface area contributed by atoms with Crippen LogP contribution in [-0.2, 0) is 9.59 Å². The van der Waals surface area contributed by atoms with Crippen LogP contribution in [-0.4, -0.2) is 47.4 Å². The quantitative estimate of drug-likeness (QED) is 0.795. The van der Waals surface area contributed by atoms with E-state index >= 15 is 0 Å². The summed E-state index contributed by atoms with van der Waals surface area (Å²) >= 11 is 0. The second-order valence-electron chi connectivity index (χ2n) is 3.96. The predicted octanol–water partition coefficient (Wildman–Crippen LogP) is 0.489. The Morgan fingerprint density at radius 3 is 2.50 bits per heavy atom. The SMILES string of the molecule is CCN(CC(=O)O)C(=O)CNC(=O)c1ccccc1F. The van der Waals surface area contributed by atoms with E-state index in [1.54, 1.807) is 6.92 Å². The molecule has 0 heterocycles. The molecule has 108 valence electrons. The summed E-state index contributed by atoms with van der Waals surface area (Å²) in [6, 6.07) is 5.38. The van der Waals surface area contributed by atoms with Crippen molar-refractivity contribution in [2.45, 2.75) is 6.92 Å². The van der Waals surface area contributed by atoms with E-state index in [1.807, 2.05) is 0 Å². The normalized spacial score (nSPS) is 9.90. The van der Waals surface area contributed by atoms with Gasteiger partial charge in [-0.15, -0.1) is 0 Å². The Labute approximate surface area is 115 Å². The Hall–Kier alpha value is -2.44. The van der Waals surface area contributed by atoms with Crippen molar-refractivity contribution in [3.8, 4) is 0 Å². The summed E-state index contributed by atoms with van der Waals surface area (Å²) in [4.78, 5) is 35.0. The Morgan fingerprint density at radius 2 is 1.95 bits per heavy atom. The molecule has 0 aliphatic heterocycles. The molecule has 2 amide bonds. The summed E-state index contributed by atoms with van der Waals surface area (Å²) in [6.45, 7) is 1.01. The first-order valence-corrected chi connectivity index (χ1v) is 5.98. The average molecular weight is 282 g/mol. The number of amides is 2. The molecule has 20 heavy (non-hydrogen) atoms. The van der Waals surface area contributed by atoms with Gasteiger partial charge in [0.25, 0.3) is 5.91 Å².